The van der Waals surface area contributed by atoms with E-state index in [0.29, 0.717) is 0 Å². The van der Waals surface area contributed by atoms with Gasteiger partial charge in [0.25, 0.3) is 0 Å². The van der Waals surface area contributed by atoms with Crippen LogP contribution in [0.15, 0.2) is 0 Å². The van der Waals surface area contributed by atoms with E-state index in [4.69, 9.17) is 0 Å². The summed E-state index contributed by atoms with van der Waals surface area (Å²) >= 11 is -0.994. The van der Waals surface area contributed by atoms with Crippen LogP contribution in [-0.2, 0) is 0 Å². The van der Waals surface area contributed by atoms with Gasteiger partial charge < -0.3 is 0 Å². The molecule has 3 saturated carbocycles. The summed E-state index contributed by atoms with van der Waals surface area (Å²) in [5.74, 6) is 3.56. The first-order valence-corrected chi connectivity index (χ1v) is 16.0. The van der Waals surface area contributed by atoms with Gasteiger partial charge in [0, 0.05) is 0 Å². The van der Waals surface area contributed by atoms with Crippen LogP contribution in [-0.4, -0.2) is 16.2 Å². The molecule has 0 N–H and O–H groups in total. The van der Waals surface area contributed by atoms with E-state index in [9.17, 15) is 0 Å². The Bertz CT molecular complexity index is 235. The quantitative estimate of drug-likeness (QED) is 0.438. The third-order valence-corrected chi connectivity index (χ3v) is 15.6. The summed E-state index contributed by atoms with van der Waals surface area (Å²) in [7, 11) is 0. The molecule has 0 amide bonds. The molecule has 22 heavy (non-hydrogen) atoms. The Morgan fingerprint density at radius 1 is 0.409 bits per heavy atom. The van der Waals surface area contributed by atoms with Gasteiger partial charge in [-0.25, -0.2) is 0 Å². The van der Waals surface area contributed by atoms with Crippen molar-refractivity contribution >= 4 is 16.2 Å². The molecule has 0 atom stereocenters. The third kappa shape index (κ3) is 5.93. The van der Waals surface area contributed by atoms with Gasteiger partial charge in [-0.05, 0) is 0 Å². The average molecular weight is 361 g/mol. The van der Waals surface area contributed by atoms with Crippen molar-refractivity contribution in [3.05, 3.63) is 0 Å². The van der Waals surface area contributed by atoms with Crippen molar-refractivity contribution in [2.75, 3.05) is 0 Å². The Morgan fingerprint density at radius 3 is 0.955 bits per heavy atom. The molecule has 3 rings (SSSR count). The van der Waals surface area contributed by atoms with Crippen LogP contribution in [0.25, 0.3) is 0 Å². The fraction of sp³-hybridized carbons (Fsp3) is 1.00. The van der Waals surface area contributed by atoms with E-state index in [0.717, 1.165) is 0 Å². The van der Waals surface area contributed by atoms with Crippen molar-refractivity contribution in [2.24, 2.45) is 17.8 Å². The number of rotatable bonds is 6. The van der Waals surface area contributed by atoms with Crippen LogP contribution in [0.2, 0.25) is 14.9 Å². The maximum atomic E-state index is 1.79. The predicted octanol–water partition coefficient (Wildman–Crippen LogP) is 7.22. The van der Waals surface area contributed by atoms with Crippen molar-refractivity contribution in [1.82, 2.24) is 0 Å². The summed E-state index contributed by atoms with van der Waals surface area (Å²) in [5.41, 5.74) is 0. The van der Waals surface area contributed by atoms with E-state index in [1.165, 1.54) is 17.8 Å². The molecule has 3 fully saturated rings. The molecule has 0 aromatic rings. The summed E-state index contributed by atoms with van der Waals surface area (Å²) in [6, 6.07) is 0. The van der Waals surface area contributed by atoms with Gasteiger partial charge in [0.15, 0.2) is 0 Å². The summed E-state index contributed by atoms with van der Waals surface area (Å²) in [6.07, 6.45) is 23.6. The second-order valence-corrected chi connectivity index (χ2v) is 15.7. The molecule has 3 aliphatic rings. The Labute approximate surface area is 145 Å². The van der Waals surface area contributed by atoms with E-state index in [-0.39, 0.29) is 0 Å². The van der Waals surface area contributed by atoms with E-state index in [2.05, 4.69) is 0 Å². The normalized spacial score (nSPS) is 26.2. The molecule has 0 spiro atoms. The Kier molecular flexibility index (Phi) is 7.79. The Morgan fingerprint density at radius 2 is 0.682 bits per heavy atom. The molecule has 0 saturated heterocycles. The van der Waals surface area contributed by atoms with Crippen LogP contribution in [0.4, 0.5) is 0 Å². The second kappa shape index (κ2) is 9.82. The summed E-state index contributed by atoms with van der Waals surface area (Å²) < 4.78 is 0. The molecule has 0 radical (unpaired) electrons. The van der Waals surface area contributed by atoms with E-state index < -0.39 is 16.2 Å². The van der Waals surface area contributed by atoms with E-state index >= 15 is 0 Å². The fourth-order valence-electron chi connectivity index (χ4n) is 5.97. The molecule has 0 aliphatic heterocycles. The van der Waals surface area contributed by atoms with Crippen molar-refractivity contribution in [3.8, 4) is 0 Å². The first kappa shape index (κ1) is 17.5. The maximum absolute atomic E-state index is 1.79. The van der Waals surface area contributed by atoms with Crippen LogP contribution in [0.5, 0.6) is 0 Å². The van der Waals surface area contributed by atoms with Crippen molar-refractivity contribution in [3.63, 3.8) is 0 Å². The molecule has 1 heteroatoms. The molecule has 0 nitrogen and oxygen atoms in total. The van der Waals surface area contributed by atoms with Crippen LogP contribution in [0, 0.1) is 17.8 Å². The molecule has 0 aromatic heterocycles. The number of hydrogen-bond donors (Lipinski definition) is 0. The SMILES string of the molecule is C1CCC([CH2][Ga]([CH2]C2CCCCC2)[CH2]C2CCCCC2)CC1. The Balaban J connectivity index is 1.50. The minimum atomic E-state index is -0.994. The van der Waals surface area contributed by atoms with Gasteiger partial charge in [-0.15, -0.1) is 0 Å². The topological polar surface area (TPSA) is 0 Å². The van der Waals surface area contributed by atoms with Crippen LogP contribution < -0.4 is 0 Å². The first-order valence-electron chi connectivity index (χ1n) is 10.9. The summed E-state index contributed by atoms with van der Waals surface area (Å²) in [5, 5.41) is 0. The average Bonchev–Trinajstić information content (AvgIpc) is 2.57. The standard InChI is InChI=1S/3C7H13.Ga/c3*1-7-5-3-2-4-6-7;/h3*7H,1-6H2;. The predicted molar refractivity (Wildman–Crippen MR) is 99.9 cm³/mol. The van der Waals surface area contributed by atoms with Crippen LogP contribution in [0.3, 0.4) is 0 Å². The zero-order chi connectivity index (χ0) is 15.0. The van der Waals surface area contributed by atoms with Crippen LogP contribution >= 0.6 is 0 Å². The van der Waals surface area contributed by atoms with Crippen molar-refractivity contribution < 1.29 is 0 Å². The van der Waals surface area contributed by atoms with Gasteiger partial charge in [-0.2, -0.15) is 0 Å². The summed E-state index contributed by atoms with van der Waals surface area (Å²) in [4.78, 5) is 5.38. The molecule has 0 bridgehead atoms. The van der Waals surface area contributed by atoms with Gasteiger partial charge in [0.05, 0.1) is 0 Å². The molecule has 0 unspecified atom stereocenters. The molecular formula is C21H39Ga. The summed E-state index contributed by atoms with van der Waals surface area (Å²) in [6.45, 7) is 0. The Hall–Kier alpha value is 0.636. The second-order valence-electron chi connectivity index (χ2n) is 9.09. The van der Waals surface area contributed by atoms with Crippen LogP contribution in [0.1, 0.15) is 96.3 Å². The monoisotopic (exact) mass is 360 g/mol. The van der Waals surface area contributed by atoms with Crippen molar-refractivity contribution in [1.29, 1.82) is 0 Å². The minimum absolute atomic E-state index is 0.994. The number of hydrogen-bond acceptors (Lipinski definition) is 0. The molecule has 0 aromatic carbocycles. The third-order valence-electron chi connectivity index (χ3n) is 7.17. The van der Waals surface area contributed by atoms with Gasteiger partial charge in [-0.3, -0.25) is 0 Å². The van der Waals surface area contributed by atoms with Crippen molar-refractivity contribution in [2.45, 2.75) is 111 Å². The zero-order valence-electron chi connectivity index (χ0n) is 15.0. The molecule has 3 aliphatic carbocycles. The first-order chi connectivity index (χ1) is 10.9. The van der Waals surface area contributed by atoms with Gasteiger partial charge in [-0.1, -0.05) is 0 Å². The van der Waals surface area contributed by atoms with Gasteiger partial charge >= 0.3 is 145 Å². The fourth-order valence-corrected chi connectivity index (χ4v) is 16.1. The van der Waals surface area contributed by atoms with Gasteiger partial charge in [0.1, 0.15) is 0 Å². The molecular weight excluding hydrogens is 322 g/mol. The van der Waals surface area contributed by atoms with Gasteiger partial charge in [0.2, 0.25) is 0 Å². The van der Waals surface area contributed by atoms with E-state index in [1.54, 1.807) is 111 Å². The zero-order valence-corrected chi connectivity index (χ0v) is 17.5. The van der Waals surface area contributed by atoms with E-state index in [1.807, 2.05) is 0 Å². The molecule has 0 heterocycles. The molecule has 126 valence electrons.